The molecule has 1 aliphatic carbocycles. The smallest absolute Gasteiger partial charge is 0.255 e. The number of nitrogens with two attached hydrogens (primary N) is 1. The molecule has 0 saturated heterocycles. The quantitative estimate of drug-likeness (QED) is 0.698. The van der Waals surface area contributed by atoms with Gasteiger partial charge in [-0.15, -0.1) is 0 Å². The van der Waals surface area contributed by atoms with Gasteiger partial charge >= 0.3 is 0 Å². The van der Waals surface area contributed by atoms with E-state index in [0.29, 0.717) is 12.1 Å². The number of carbonyl (C=O) groups excluding carboxylic acids is 1. The molecule has 1 unspecified atom stereocenters. The Labute approximate surface area is 159 Å². The Balaban J connectivity index is 1.51. The van der Waals surface area contributed by atoms with Crippen LogP contribution in [0.5, 0.6) is 0 Å². The molecule has 27 heavy (non-hydrogen) atoms. The minimum Gasteiger partial charge on any atom is -0.399 e. The highest BCUT2D eigenvalue weighted by molar-refractivity contribution is 5.95. The predicted octanol–water partition coefficient (Wildman–Crippen LogP) is 3.63. The fourth-order valence-corrected chi connectivity index (χ4v) is 3.81. The molecule has 0 saturated carbocycles. The molecule has 0 fully saturated rings. The van der Waals surface area contributed by atoms with Crippen LogP contribution in [0.3, 0.4) is 0 Å². The van der Waals surface area contributed by atoms with E-state index in [9.17, 15) is 4.79 Å². The van der Waals surface area contributed by atoms with E-state index in [0.717, 1.165) is 36.2 Å². The number of aromatic nitrogens is 2. The van der Waals surface area contributed by atoms with Crippen LogP contribution in [0.4, 0.5) is 5.69 Å². The summed E-state index contributed by atoms with van der Waals surface area (Å²) in [6.07, 6.45) is 4.68. The summed E-state index contributed by atoms with van der Waals surface area (Å²) in [4.78, 5) is 12.9. The van der Waals surface area contributed by atoms with Gasteiger partial charge < -0.3 is 11.1 Å². The number of carbonyl (C=O) groups is 1. The third-order valence-corrected chi connectivity index (χ3v) is 5.31. The highest BCUT2D eigenvalue weighted by atomic mass is 16.1. The van der Waals surface area contributed by atoms with Gasteiger partial charge in [-0.1, -0.05) is 36.4 Å². The lowest BCUT2D eigenvalue weighted by Gasteiger charge is -2.26. The molecular formula is C22H24N4O. The zero-order valence-corrected chi connectivity index (χ0v) is 15.5. The molecule has 2 aromatic carbocycles. The second kappa shape index (κ2) is 7.27. The number of amides is 1. The topological polar surface area (TPSA) is 72.9 Å². The molecule has 5 nitrogen and oxygen atoms in total. The van der Waals surface area contributed by atoms with Gasteiger partial charge in [0.15, 0.2) is 0 Å². The van der Waals surface area contributed by atoms with Crippen LogP contribution in [-0.4, -0.2) is 15.7 Å². The second-order valence-corrected chi connectivity index (χ2v) is 7.16. The number of anilines is 1. The molecule has 1 amide bonds. The number of rotatable bonds is 4. The molecule has 0 aliphatic heterocycles. The Morgan fingerprint density at radius 3 is 2.89 bits per heavy atom. The third-order valence-electron chi connectivity index (χ3n) is 5.31. The molecule has 1 aliphatic rings. The van der Waals surface area contributed by atoms with Crippen molar-refractivity contribution in [3.05, 3.63) is 82.7 Å². The van der Waals surface area contributed by atoms with E-state index in [-0.39, 0.29) is 11.9 Å². The van der Waals surface area contributed by atoms with Crippen molar-refractivity contribution in [3.63, 3.8) is 0 Å². The van der Waals surface area contributed by atoms with Gasteiger partial charge in [0.05, 0.1) is 24.3 Å². The zero-order valence-electron chi connectivity index (χ0n) is 15.5. The lowest BCUT2D eigenvalue weighted by atomic mass is 9.87. The van der Waals surface area contributed by atoms with Gasteiger partial charge in [-0.2, -0.15) is 5.10 Å². The van der Waals surface area contributed by atoms with Crippen LogP contribution in [0.2, 0.25) is 0 Å². The first-order chi connectivity index (χ1) is 13.1. The van der Waals surface area contributed by atoms with Gasteiger partial charge in [0.1, 0.15) is 0 Å². The van der Waals surface area contributed by atoms with E-state index < -0.39 is 0 Å². The van der Waals surface area contributed by atoms with Crippen molar-refractivity contribution in [1.82, 2.24) is 15.1 Å². The second-order valence-electron chi connectivity index (χ2n) is 7.16. The molecule has 0 spiro atoms. The van der Waals surface area contributed by atoms with Crippen LogP contribution in [0.25, 0.3) is 0 Å². The molecule has 5 heteroatoms. The average molecular weight is 360 g/mol. The summed E-state index contributed by atoms with van der Waals surface area (Å²) >= 11 is 0. The summed E-state index contributed by atoms with van der Waals surface area (Å²) in [5.41, 5.74) is 11.8. The van der Waals surface area contributed by atoms with Crippen molar-refractivity contribution in [3.8, 4) is 0 Å². The van der Waals surface area contributed by atoms with E-state index in [4.69, 9.17) is 5.73 Å². The van der Waals surface area contributed by atoms with Crippen LogP contribution >= 0.6 is 0 Å². The highest BCUT2D eigenvalue weighted by Gasteiger charge is 2.24. The fourth-order valence-electron chi connectivity index (χ4n) is 3.81. The number of nitrogens with zero attached hydrogens (tertiary/aromatic N) is 2. The first kappa shape index (κ1) is 17.3. The van der Waals surface area contributed by atoms with E-state index in [1.807, 2.05) is 48.0 Å². The van der Waals surface area contributed by atoms with Crippen molar-refractivity contribution < 1.29 is 4.79 Å². The maximum atomic E-state index is 12.9. The standard InChI is InChI=1S/C22H24N4O/c1-15-20(13-24-26(15)14-16-6-3-2-4-7-16)22(27)25-21-9-5-8-17-12-18(23)10-11-19(17)21/h2-4,6-7,10-13,21H,5,8-9,14,23H2,1H3,(H,25,27). The minimum absolute atomic E-state index is 0.0266. The minimum atomic E-state index is -0.0681. The molecule has 1 aromatic heterocycles. The lowest BCUT2D eigenvalue weighted by molar-refractivity contribution is 0.0932. The molecular weight excluding hydrogens is 336 g/mol. The number of aryl methyl sites for hydroxylation is 1. The Morgan fingerprint density at radius 2 is 2.07 bits per heavy atom. The summed E-state index contributed by atoms with van der Waals surface area (Å²) in [6.45, 7) is 2.60. The van der Waals surface area contributed by atoms with Crippen molar-refractivity contribution in [2.45, 2.75) is 38.8 Å². The van der Waals surface area contributed by atoms with Crippen molar-refractivity contribution in [1.29, 1.82) is 0 Å². The summed E-state index contributed by atoms with van der Waals surface area (Å²) in [6, 6.07) is 16.1. The summed E-state index contributed by atoms with van der Waals surface area (Å²) in [5, 5.41) is 7.62. The number of fused-ring (bicyclic) bond motifs is 1. The van der Waals surface area contributed by atoms with Gasteiger partial charge in [-0.25, -0.2) is 0 Å². The zero-order chi connectivity index (χ0) is 18.8. The van der Waals surface area contributed by atoms with Crippen LogP contribution in [0.15, 0.2) is 54.7 Å². The van der Waals surface area contributed by atoms with Crippen LogP contribution in [-0.2, 0) is 13.0 Å². The molecule has 3 aromatic rings. The van der Waals surface area contributed by atoms with Gasteiger partial charge in [0, 0.05) is 11.4 Å². The SMILES string of the molecule is Cc1c(C(=O)NC2CCCc3cc(N)ccc32)cnn1Cc1ccccc1. The Bertz CT molecular complexity index is 962. The van der Waals surface area contributed by atoms with Crippen LogP contribution in [0, 0.1) is 6.92 Å². The summed E-state index contributed by atoms with van der Waals surface area (Å²) < 4.78 is 1.87. The first-order valence-corrected chi connectivity index (χ1v) is 9.37. The molecule has 4 rings (SSSR count). The molecule has 3 N–H and O–H groups in total. The largest absolute Gasteiger partial charge is 0.399 e. The van der Waals surface area contributed by atoms with Gasteiger partial charge in [0.25, 0.3) is 5.91 Å². The Morgan fingerprint density at radius 1 is 1.26 bits per heavy atom. The van der Waals surface area contributed by atoms with Crippen LogP contribution in [0.1, 0.15) is 51.6 Å². The predicted molar refractivity (Wildman–Crippen MR) is 107 cm³/mol. The maximum absolute atomic E-state index is 12.9. The average Bonchev–Trinajstić information content (AvgIpc) is 3.03. The molecule has 0 bridgehead atoms. The Kier molecular flexibility index (Phi) is 4.67. The van der Waals surface area contributed by atoms with E-state index in [2.05, 4.69) is 22.5 Å². The molecule has 0 radical (unpaired) electrons. The van der Waals surface area contributed by atoms with Crippen molar-refractivity contribution >= 4 is 11.6 Å². The number of hydrogen-bond donors (Lipinski definition) is 2. The fraction of sp³-hybridized carbons (Fsp3) is 0.273. The van der Waals surface area contributed by atoms with E-state index in [1.165, 1.54) is 11.1 Å². The summed E-state index contributed by atoms with van der Waals surface area (Å²) in [5.74, 6) is -0.0681. The van der Waals surface area contributed by atoms with E-state index in [1.54, 1.807) is 6.20 Å². The molecule has 138 valence electrons. The van der Waals surface area contributed by atoms with Gasteiger partial charge in [-0.05, 0) is 55.0 Å². The molecule has 1 heterocycles. The van der Waals surface area contributed by atoms with Crippen molar-refractivity contribution in [2.24, 2.45) is 0 Å². The first-order valence-electron chi connectivity index (χ1n) is 9.37. The highest BCUT2D eigenvalue weighted by Crippen LogP contribution is 2.31. The number of hydrogen-bond acceptors (Lipinski definition) is 3. The monoisotopic (exact) mass is 360 g/mol. The number of benzene rings is 2. The van der Waals surface area contributed by atoms with E-state index >= 15 is 0 Å². The number of nitrogen functional groups attached to an aromatic ring is 1. The summed E-state index contributed by atoms with van der Waals surface area (Å²) in [7, 11) is 0. The van der Waals surface area contributed by atoms with Crippen LogP contribution < -0.4 is 11.1 Å². The normalized spacial score (nSPS) is 16.0. The maximum Gasteiger partial charge on any atom is 0.255 e. The van der Waals surface area contributed by atoms with Crippen molar-refractivity contribution in [2.75, 3.05) is 5.73 Å². The van der Waals surface area contributed by atoms with Gasteiger partial charge in [-0.3, -0.25) is 9.48 Å². The molecule has 1 atom stereocenters. The third kappa shape index (κ3) is 3.58. The lowest BCUT2D eigenvalue weighted by Crippen LogP contribution is -2.31. The van der Waals surface area contributed by atoms with Gasteiger partial charge in [0.2, 0.25) is 0 Å². The number of nitrogens with one attached hydrogen (secondary N) is 1. The Hall–Kier alpha value is -3.08.